The molecule has 0 spiro atoms. The second kappa shape index (κ2) is 3.62. The highest BCUT2D eigenvalue weighted by Gasteiger charge is 2.29. The van der Waals surface area contributed by atoms with E-state index >= 15 is 0 Å². The van der Waals surface area contributed by atoms with Crippen LogP contribution in [-0.2, 0) is 4.74 Å². The molecule has 0 atom stereocenters. The summed E-state index contributed by atoms with van der Waals surface area (Å²) in [6, 6.07) is 4.31. The molecule has 0 amide bonds. The van der Waals surface area contributed by atoms with E-state index in [0.29, 0.717) is 5.56 Å². The summed E-state index contributed by atoms with van der Waals surface area (Å²) < 4.78 is 4.38. The van der Waals surface area contributed by atoms with Crippen molar-refractivity contribution in [2.45, 2.75) is 6.92 Å². The fraction of sp³-hybridized carbons (Fsp3) is 0.100. The smallest absolute Gasteiger partial charge is 0.346 e. The monoisotopic (exact) mass is 208 g/mol. The van der Waals surface area contributed by atoms with E-state index < -0.39 is 11.9 Å². The van der Waals surface area contributed by atoms with Gasteiger partial charge in [0, 0.05) is 5.56 Å². The molecular weight excluding hydrogens is 200 g/mol. The summed E-state index contributed by atoms with van der Waals surface area (Å²) in [6.07, 6.45) is 0. The van der Waals surface area contributed by atoms with Crippen LogP contribution in [0.4, 0.5) is 0 Å². The van der Waals surface area contributed by atoms with Crippen LogP contribution in [0.1, 0.15) is 38.0 Å². The van der Waals surface area contributed by atoms with Crippen LogP contribution in [0.15, 0.2) is 18.2 Å². The molecule has 0 radical (unpaired) electrons. The summed E-state index contributed by atoms with van der Waals surface area (Å²) in [7, 11) is 0. The van der Waals surface area contributed by atoms with Crippen LogP contribution in [0.2, 0.25) is 0 Å². The predicted octanol–water partition coefficient (Wildman–Crippen LogP) is 0.375. The standard InChI is InChI=1S/C10H6O4.H2O/c1-5(11)6-2-3-7-8(4-6)10(13)14-9(7)12;/h2-4H,1H3;1H2. The lowest BCUT2D eigenvalue weighted by Crippen LogP contribution is -1.98. The third-order valence-corrected chi connectivity index (χ3v) is 2.05. The first-order valence-corrected chi connectivity index (χ1v) is 4.01. The zero-order valence-electron chi connectivity index (χ0n) is 7.87. The Morgan fingerprint density at radius 1 is 1.13 bits per heavy atom. The van der Waals surface area contributed by atoms with Gasteiger partial charge < -0.3 is 10.2 Å². The van der Waals surface area contributed by atoms with E-state index in [-0.39, 0.29) is 22.4 Å². The highest BCUT2D eigenvalue weighted by Crippen LogP contribution is 2.21. The fourth-order valence-corrected chi connectivity index (χ4v) is 1.30. The number of fused-ring (bicyclic) bond motifs is 1. The number of rotatable bonds is 1. The fourth-order valence-electron chi connectivity index (χ4n) is 1.30. The predicted molar refractivity (Wildman–Crippen MR) is 49.8 cm³/mol. The van der Waals surface area contributed by atoms with E-state index in [9.17, 15) is 14.4 Å². The normalized spacial score (nSPS) is 12.9. The Balaban J connectivity index is 0.00000112. The SMILES string of the molecule is CC(=O)c1ccc2c(c1)C(=O)OC2=O.O. The molecule has 1 aromatic carbocycles. The molecule has 5 nitrogen and oxygen atoms in total. The van der Waals surface area contributed by atoms with Crippen molar-refractivity contribution in [3.8, 4) is 0 Å². The number of ketones is 1. The Bertz CT molecular complexity index is 461. The van der Waals surface area contributed by atoms with Crippen molar-refractivity contribution in [3.63, 3.8) is 0 Å². The van der Waals surface area contributed by atoms with Gasteiger partial charge in [0.05, 0.1) is 11.1 Å². The van der Waals surface area contributed by atoms with Gasteiger partial charge in [0.25, 0.3) is 0 Å². The van der Waals surface area contributed by atoms with Gasteiger partial charge in [-0.15, -0.1) is 0 Å². The van der Waals surface area contributed by atoms with Crippen LogP contribution in [-0.4, -0.2) is 23.2 Å². The molecule has 1 heterocycles. The van der Waals surface area contributed by atoms with Gasteiger partial charge in [-0.05, 0) is 19.1 Å². The minimum atomic E-state index is -0.687. The van der Waals surface area contributed by atoms with Crippen molar-refractivity contribution in [2.75, 3.05) is 0 Å². The van der Waals surface area contributed by atoms with E-state index in [1.165, 1.54) is 25.1 Å². The number of cyclic esters (lactones) is 2. The third kappa shape index (κ3) is 1.64. The second-order valence-corrected chi connectivity index (χ2v) is 2.99. The summed E-state index contributed by atoms with van der Waals surface area (Å²) in [5.41, 5.74) is 0.790. The van der Waals surface area contributed by atoms with Crippen LogP contribution in [0, 0.1) is 0 Å². The first-order valence-electron chi connectivity index (χ1n) is 4.01. The maximum Gasteiger partial charge on any atom is 0.346 e. The Morgan fingerprint density at radius 2 is 1.73 bits per heavy atom. The highest BCUT2D eigenvalue weighted by molar-refractivity contribution is 6.15. The topological polar surface area (TPSA) is 91.9 Å². The largest absolute Gasteiger partial charge is 0.412 e. The van der Waals surface area contributed by atoms with E-state index in [0.717, 1.165) is 0 Å². The van der Waals surface area contributed by atoms with Gasteiger partial charge in [-0.25, -0.2) is 9.59 Å². The Labute approximate surface area is 85.0 Å². The van der Waals surface area contributed by atoms with Crippen LogP contribution < -0.4 is 0 Å². The number of hydrogen-bond acceptors (Lipinski definition) is 4. The molecule has 2 N–H and O–H groups in total. The van der Waals surface area contributed by atoms with Crippen LogP contribution in [0.25, 0.3) is 0 Å². The van der Waals surface area contributed by atoms with Gasteiger partial charge in [-0.2, -0.15) is 0 Å². The summed E-state index contributed by atoms with van der Waals surface area (Å²) in [5, 5.41) is 0. The number of hydrogen-bond donors (Lipinski definition) is 0. The Hall–Kier alpha value is -2.01. The highest BCUT2D eigenvalue weighted by atomic mass is 16.6. The number of Topliss-reactive ketones (excluding diaryl/α,β-unsaturated/α-hetero) is 1. The molecule has 0 saturated heterocycles. The molecule has 5 heteroatoms. The first-order chi connectivity index (χ1) is 6.59. The quantitative estimate of drug-likeness (QED) is 0.378. The maximum atomic E-state index is 11.1. The minimum absolute atomic E-state index is 0. The van der Waals surface area contributed by atoms with E-state index in [1.54, 1.807) is 0 Å². The lowest BCUT2D eigenvalue weighted by molar-refractivity contribution is 0.0443. The molecule has 0 fully saturated rings. The van der Waals surface area contributed by atoms with Crippen LogP contribution in [0.5, 0.6) is 0 Å². The van der Waals surface area contributed by atoms with Crippen molar-refractivity contribution < 1.29 is 24.6 Å². The molecule has 0 saturated carbocycles. The van der Waals surface area contributed by atoms with Crippen LogP contribution in [0.3, 0.4) is 0 Å². The minimum Gasteiger partial charge on any atom is -0.412 e. The van der Waals surface area contributed by atoms with Gasteiger partial charge in [-0.1, -0.05) is 6.07 Å². The average molecular weight is 208 g/mol. The first kappa shape index (κ1) is 11.1. The van der Waals surface area contributed by atoms with Crippen molar-refractivity contribution in [2.24, 2.45) is 0 Å². The molecule has 1 aliphatic rings. The molecular formula is C10H8O5. The van der Waals surface area contributed by atoms with Gasteiger partial charge in [0.2, 0.25) is 0 Å². The Kier molecular flexibility index (Phi) is 2.67. The molecule has 0 unspecified atom stereocenters. The molecule has 1 aliphatic heterocycles. The van der Waals surface area contributed by atoms with E-state index in [4.69, 9.17) is 0 Å². The van der Waals surface area contributed by atoms with E-state index in [2.05, 4.69) is 4.74 Å². The number of esters is 2. The van der Waals surface area contributed by atoms with Gasteiger partial charge in [0.1, 0.15) is 0 Å². The molecule has 78 valence electrons. The van der Waals surface area contributed by atoms with Gasteiger partial charge in [-0.3, -0.25) is 4.79 Å². The number of benzene rings is 1. The molecule has 0 aliphatic carbocycles. The average Bonchev–Trinajstić information content (AvgIpc) is 2.42. The molecule has 0 bridgehead atoms. The van der Waals surface area contributed by atoms with Crippen molar-refractivity contribution in [1.82, 2.24) is 0 Å². The lowest BCUT2D eigenvalue weighted by atomic mass is 10.0. The van der Waals surface area contributed by atoms with Gasteiger partial charge in [0.15, 0.2) is 5.78 Å². The zero-order valence-corrected chi connectivity index (χ0v) is 7.87. The zero-order chi connectivity index (χ0) is 10.3. The lowest BCUT2D eigenvalue weighted by Gasteiger charge is -1.95. The Morgan fingerprint density at radius 3 is 2.33 bits per heavy atom. The molecule has 2 rings (SSSR count). The van der Waals surface area contributed by atoms with Gasteiger partial charge >= 0.3 is 11.9 Å². The molecule has 0 aromatic heterocycles. The second-order valence-electron chi connectivity index (χ2n) is 2.99. The number of carbonyl (C=O) groups is 3. The van der Waals surface area contributed by atoms with Crippen molar-refractivity contribution >= 4 is 17.7 Å². The third-order valence-electron chi connectivity index (χ3n) is 2.05. The summed E-state index contributed by atoms with van der Waals surface area (Å²) in [5.74, 6) is -1.49. The summed E-state index contributed by atoms with van der Waals surface area (Å²) in [6.45, 7) is 1.39. The summed E-state index contributed by atoms with van der Waals surface area (Å²) >= 11 is 0. The van der Waals surface area contributed by atoms with Crippen molar-refractivity contribution in [3.05, 3.63) is 34.9 Å². The number of carbonyl (C=O) groups excluding carboxylic acids is 3. The maximum absolute atomic E-state index is 11.1. The summed E-state index contributed by atoms with van der Waals surface area (Å²) in [4.78, 5) is 33.1. The molecule has 1 aromatic rings. The van der Waals surface area contributed by atoms with Crippen LogP contribution >= 0.6 is 0 Å². The van der Waals surface area contributed by atoms with Crippen molar-refractivity contribution in [1.29, 1.82) is 0 Å². The number of ether oxygens (including phenoxy) is 1. The molecule has 15 heavy (non-hydrogen) atoms. The van der Waals surface area contributed by atoms with E-state index in [1.807, 2.05) is 0 Å².